The Morgan fingerprint density at radius 1 is 1.37 bits per heavy atom. The molecule has 1 unspecified atom stereocenters. The molecular formula is C14H29N3O2. The lowest BCUT2D eigenvalue weighted by atomic mass is 9.90. The lowest BCUT2D eigenvalue weighted by Gasteiger charge is -2.34. The van der Waals surface area contributed by atoms with E-state index in [0.717, 1.165) is 0 Å². The normalized spacial score (nSPS) is 25.3. The third kappa shape index (κ3) is 5.89. The van der Waals surface area contributed by atoms with Gasteiger partial charge in [-0.25, -0.2) is 0 Å². The van der Waals surface area contributed by atoms with Gasteiger partial charge in [0.1, 0.15) is 0 Å². The minimum absolute atomic E-state index is 0.0749. The molecule has 1 fully saturated rings. The summed E-state index contributed by atoms with van der Waals surface area (Å²) in [7, 11) is 5.72. The number of nitrogens with one attached hydrogen (secondary N) is 2. The molecule has 112 valence electrons. The molecule has 0 aliphatic heterocycles. The molecule has 5 nitrogen and oxygen atoms in total. The molecule has 1 aliphatic carbocycles. The van der Waals surface area contributed by atoms with Crippen LogP contribution < -0.4 is 10.6 Å². The largest absolute Gasteiger partial charge is 0.383 e. The van der Waals surface area contributed by atoms with Gasteiger partial charge >= 0.3 is 0 Å². The van der Waals surface area contributed by atoms with Crippen molar-refractivity contribution >= 4 is 5.91 Å². The molecule has 0 spiro atoms. The van der Waals surface area contributed by atoms with Crippen LogP contribution in [0.15, 0.2) is 0 Å². The van der Waals surface area contributed by atoms with Gasteiger partial charge in [0.2, 0.25) is 5.91 Å². The number of hydrogen-bond donors (Lipinski definition) is 2. The zero-order valence-corrected chi connectivity index (χ0v) is 12.7. The summed E-state index contributed by atoms with van der Waals surface area (Å²) in [6.07, 6.45) is 4.74. The predicted molar refractivity (Wildman–Crippen MR) is 77.2 cm³/mol. The third-order valence-corrected chi connectivity index (χ3v) is 3.95. The molecule has 2 N–H and O–H groups in total. The van der Waals surface area contributed by atoms with Crippen molar-refractivity contribution in [2.24, 2.45) is 0 Å². The molecule has 0 radical (unpaired) electrons. The van der Waals surface area contributed by atoms with Gasteiger partial charge in [0.15, 0.2) is 0 Å². The zero-order chi connectivity index (χ0) is 14.3. The van der Waals surface area contributed by atoms with Crippen LogP contribution in [0.2, 0.25) is 0 Å². The molecular weight excluding hydrogens is 242 g/mol. The SMILES string of the molecule is CNC1CCC(N(C)CC(=O)NC(C)COC)CC1. The fraction of sp³-hybridized carbons (Fsp3) is 0.929. The molecule has 0 aromatic heterocycles. The second-order valence-electron chi connectivity index (χ2n) is 5.63. The van der Waals surface area contributed by atoms with Gasteiger partial charge in [0.05, 0.1) is 13.2 Å². The van der Waals surface area contributed by atoms with Gasteiger partial charge in [-0.15, -0.1) is 0 Å². The molecule has 1 amide bonds. The standard InChI is InChI=1S/C14H29N3O2/c1-11(10-19-4)16-14(18)9-17(3)13-7-5-12(15-2)6-8-13/h11-13,15H,5-10H2,1-4H3,(H,16,18). The first kappa shape index (κ1) is 16.4. The van der Waals surface area contributed by atoms with Crippen LogP contribution in [-0.4, -0.2) is 63.3 Å². The summed E-state index contributed by atoms with van der Waals surface area (Å²) in [5, 5.41) is 6.29. The summed E-state index contributed by atoms with van der Waals surface area (Å²) in [6.45, 7) is 2.99. The van der Waals surface area contributed by atoms with E-state index < -0.39 is 0 Å². The van der Waals surface area contributed by atoms with Gasteiger partial charge in [0, 0.05) is 25.2 Å². The molecule has 0 saturated heterocycles. The van der Waals surface area contributed by atoms with E-state index in [-0.39, 0.29) is 11.9 Å². The Kier molecular flexibility index (Phi) is 7.34. The van der Waals surface area contributed by atoms with Crippen molar-refractivity contribution in [3.8, 4) is 0 Å². The first-order chi connectivity index (χ1) is 9.06. The van der Waals surface area contributed by atoms with Crippen molar-refractivity contribution in [1.82, 2.24) is 15.5 Å². The highest BCUT2D eigenvalue weighted by Crippen LogP contribution is 2.21. The van der Waals surface area contributed by atoms with E-state index >= 15 is 0 Å². The maximum absolute atomic E-state index is 11.9. The number of methoxy groups -OCH3 is 1. The molecule has 5 heteroatoms. The topological polar surface area (TPSA) is 53.6 Å². The molecule has 0 aromatic rings. The first-order valence-electron chi connectivity index (χ1n) is 7.22. The Hall–Kier alpha value is -0.650. The summed E-state index contributed by atoms with van der Waals surface area (Å²) in [5.41, 5.74) is 0. The van der Waals surface area contributed by atoms with E-state index in [2.05, 4.69) is 15.5 Å². The van der Waals surface area contributed by atoms with E-state index in [1.54, 1.807) is 7.11 Å². The lowest BCUT2D eigenvalue weighted by molar-refractivity contribution is -0.123. The number of likely N-dealkylation sites (N-methyl/N-ethyl adjacent to an activating group) is 1. The number of ether oxygens (including phenoxy) is 1. The molecule has 1 saturated carbocycles. The zero-order valence-electron chi connectivity index (χ0n) is 12.7. The summed E-state index contributed by atoms with van der Waals surface area (Å²) >= 11 is 0. The highest BCUT2D eigenvalue weighted by Gasteiger charge is 2.24. The molecule has 1 aliphatic rings. The number of carbonyl (C=O) groups is 1. The fourth-order valence-electron chi connectivity index (χ4n) is 2.77. The van der Waals surface area contributed by atoms with Crippen molar-refractivity contribution < 1.29 is 9.53 Å². The van der Waals surface area contributed by atoms with Gasteiger partial charge in [-0.2, -0.15) is 0 Å². The molecule has 0 bridgehead atoms. The van der Waals surface area contributed by atoms with Crippen LogP contribution >= 0.6 is 0 Å². The van der Waals surface area contributed by atoms with Crippen molar-refractivity contribution in [1.29, 1.82) is 0 Å². The average Bonchev–Trinajstić information content (AvgIpc) is 2.38. The fourth-order valence-corrected chi connectivity index (χ4v) is 2.77. The molecule has 19 heavy (non-hydrogen) atoms. The average molecular weight is 271 g/mol. The number of hydrogen-bond acceptors (Lipinski definition) is 4. The van der Waals surface area contributed by atoms with Crippen LogP contribution in [-0.2, 0) is 9.53 Å². The van der Waals surface area contributed by atoms with E-state index in [9.17, 15) is 4.79 Å². The third-order valence-electron chi connectivity index (χ3n) is 3.95. The van der Waals surface area contributed by atoms with Gasteiger partial charge < -0.3 is 15.4 Å². The van der Waals surface area contributed by atoms with Gasteiger partial charge in [0.25, 0.3) is 0 Å². The Morgan fingerprint density at radius 3 is 2.53 bits per heavy atom. The molecule has 0 heterocycles. The van der Waals surface area contributed by atoms with Crippen LogP contribution in [0.3, 0.4) is 0 Å². The highest BCUT2D eigenvalue weighted by atomic mass is 16.5. The monoisotopic (exact) mass is 271 g/mol. The lowest BCUT2D eigenvalue weighted by Crippen LogP contribution is -2.46. The van der Waals surface area contributed by atoms with E-state index in [1.807, 2.05) is 21.0 Å². The summed E-state index contributed by atoms with van der Waals surface area (Å²) in [5.74, 6) is 0.0859. The van der Waals surface area contributed by atoms with Crippen LogP contribution in [0.1, 0.15) is 32.6 Å². The summed E-state index contributed by atoms with van der Waals surface area (Å²) in [6, 6.07) is 1.26. The number of amides is 1. The summed E-state index contributed by atoms with van der Waals surface area (Å²) < 4.78 is 5.01. The number of nitrogens with zero attached hydrogens (tertiary/aromatic N) is 1. The second kappa shape index (κ2) is 8.51. The van der Waals surface area contributed by atoms with E-state index in [1.165, 1.54) is 25.7 Å². The second-order valence-corrected chi connectivity index (χ2v) is 5.63. The van der Waals surface area contributed by atoms with Crippen LogP contribution in [0, 0.1) is 0 Å². The van der Waals surface area contributed by atoms with Gasteiger partial charge in [-0.05, 0) is 46.7 Å². The minimum atomic E-state index is 0.0749. The maximum atomic E-state index is 11.9. The van der Waals surface area contributed by atoms with Gasteiger partial charge in [-0.1, -0.05) is 0 Å². The van der Waals surface area contributed by atoms with E-state index in [4.69, 9.17) is 4.74 Å². The van der Waals surface area contributed by atoms with Crippen molar-refractivity contribution in [3.05, 3.63) is 0 Å². The molecule has 1 atom stereocenters. The van der Waals surface area contributed by atoms with E-state index in [0.29, 0.717) is 25.2 Å². The van der Waals surface area contributed by atoms with Gasteiger partial charge in [-0.3, -0.25) is 9.69 Å². The first-order valence-corrected chi connectivity index (χ1v) is 7.22. The smallest absolute Gasteiger partial charge is 0.234 e. The Labute approximate surface area is 117 Å². The van der Waals surface area contributed by atoms with Crippen LogP contribution in [0.4, 0.5) is 0 Å². The Balaban J connectivity index is 2.26. The highest BCUT2D eigenvalue weighted by molar-refractivity contribution is 5.78. The number of rotatable bonds is 7. The van der Waals surface area contributed by atoms with Crippen molar-refractivity contribution in [2.75, 3.05) is 34.4 Å². The van der Waals surface area contributed by atoms with Crippen LogP contribution in [0.5, 0.6) is 0 Å². The molecule has 0 aromatic carbocycles. The van der Waals surface area contributed by atoms with Crippen LogP contribution in [0.25, 0.3) is 0 Å². The predicted octanol–water partition coefficient (Wildman–Crippen LogP) is 0.600. The van der Waals surface area contributed by atoms with Crippen molar-refractivity contribution in [3.63, 3.8) is 0 Å². The molecule has 1 rings (SSSR count). The quantitative estimate of drug-likeness (QED) is 0.712. The maximum Gasteiger partial charge on any atom is 0.234 e. The number of carbonyl (C=O) groups excluding carboxylic acids is 1. The Morgan fingerprint density at radius 2 is 2.00 bits per heavy atom. The summed E-state index contributed by atoms with van der Waals surface area (Å²) in [4.78, 5) is 14.1. The Bertz CT molecular complexity index is 265. The minimum Gasteiger partial charge on any atom is -0.383 e. The van der Waals surface area contributed by atoms with Crippen molar-refractivity contribution in [2.45, 2.75) is 50.7 Å².